The number of carbonyl (C=O) groups is 2. The Morgan fingerprint density at radius 1 is 1.07 bits per heavy atom. The van der Waals surface area contributed by atoms with Crippen LogP contribution in [0.25, 0.3) is 22.3 Å². The fourth-order valence-corrected chi connectivity index (χ4v) is 6.24. The molecule has 0 saturated carbocycles. The molecule has 0 atom stereocenters. The van der Waals surface area contributed by atoms with E-state index >= 15 is 4.39 Å². The van der Waals surface area contributed by atoms with Crippen molar-refractivity contribution in [2.45, 2.75) is 26.8 Å². The van der Waals surface area contributed by atoms with E-state index in [1.54, 1.807) is 18.1 Å². The number of benzene rings is 3. The highest BCUT2D eigenvalue weighted by molar-refractivity contribution is 6.01. The predicted octanol–water partition coefficient (Wildman–Crippen LogP) is 6.07. The van der Waals surface area contributed by atoms with Crippen LogP contribution in [0.15, 0.2) is 60.8 Å². The average Bonchev–Trinajstić information content (AvgIpc) is 2.98. The zero-order valence-corrected chi connectivity index (χ0v) is 25.3. The molecule has 0 radical (unpaired) electrons. The van der Waals surface area contributed by atoms with E-state index in [1.807, 2.05) is 55.1 Å². The number of methoxy groups -OCH3 is 1. The second-order valence-electron chi connectivity index (χ2n) is 11.6. The van der Waals surface area contributed by atoms with Crippen molar-refractivity contribution >= 4 is 23.4 Å². The summed E-state index contributed by atoms with van der Waals surface area (Å²) >= 11 is 0. The summed E-state index contributed by atoms with van der Waals surface area (Å²) in [6, 6.07) is 17.3. The molecule has 1 fully saturated rings. The van der Waals surface area contributed by atoms with Gasteiger partial charge in [-0.2, -0.15) is 0 Å². The minimum absolute atomic E-state index is 0.0396. The number of likely N-dealkylation sites (N-methyl/N-ethyl adjacent to an activating group) is 1. The summed E-state index contributed by atoms with van der Waals surface area (Å²) in [5.41, 5.74) is 8.45. The number of nitrogens with zero attached hydrogens (tertiary/aromatic N) is 3. The SMILES string of the molecule is COc1cc(-c2cccc(-c3cccc(Nc4nccc5c4C(=O)N(C)CC5)c3C)c2C)cc(F)c1CN1CC(C(=O)O)C1. The van der Waals surface area contributed by atoms with Crippen molar-refractivity contribution in [3.8, 4) is 28.0 Å². The highest BCUT2D eigenvalue weighted by atomic mass is 19.1. The molecule has 0 aliphatic carbocycles. The van der Waals surface area contributed by atoms with Crippen LogP contribution in [0, 0.1) is 25.6 Å². The van der Waals surface area contributed by atoms with E-state index in [-0.39, 0.29) is 11.7 Å². The molecule has 6 rings (SSSR count). The van der Waals surface area contributed by atoms with Crippen LogP contribution < -0.4 is 10.1 Å². The number of amides is 1. The first-order valence-corrected chi connectivity index (χ1v) is 14.7. The standard InChI is InChI=1S/C35H35FN4O4/c1-20-25(23-15-29(36)28(31(16-23)44-4)19-40-17-24(18-40)35(42)43)7-5-8-26(20)27-9-6-10-30(21(27)2)38-33-32-22(11-13-37-33)12-14-39(3)34(32)41/h5-11,13,15-16,24H,12,14,17-19H2,1-4H3,(H,37,38)(H,42,43). The molecule has 226 valence electrons. The summed E-state index contributed by atoms with van der Waals surface area (Å²) in [5, 5.41) is 12.6. The minimum atomic E-state index is -0.825. The van der Waals surface area contributed by atoms with Gasteiger partial charge in [0, 0.05) is 50.7 Å². The van der Waals surface area contributed by atoms with Crippen molar-refractivity contribution in [1.29, 1.82) is 0 Å². The minimum Gasteiger partial charge on any atom is -0.496 e. The molecule has 9 heteroatoms. The van der Waals surface area contributed by atoms with Gasteiger partial charge in [-0.25, -0.2) is 9.37 Å². The highest BCUT2D eigenvalue weighted by Crippen LogP contribution is 2.39. The van der Waals surface area contributed by atoms with Crippen LogP contribution in [0.4, 0.5) is 15.9 Å². The van der Waals surface area contributed by atoms with E-state index in [1.165, 1.54) is 13.2 Å². The molecule has 0 bridgehead atoms. The third-order valence-corrected chi connectivity index (χ3v) is 8.90. The van der Waals surface area contributed by atoms with Gasteiger partial charge < -0.3 is 20.1 Å². The van der Waals surface area contributed by atoms with E-state index in [0.29, 0.717) is 54.4 Å². The molecule has 8 nitrogen and oxygen atoms in total. The van der Waals surface area contributed by atoms with Gasteiger partial charge >= 0.3 is 5.97 Å². The van der Waals surface area contributed by atoms with Gasteiger partial charge in [0.15, 0.2) is 0 Å². The summed E-state index contributed by atoms with van der Waals surface area (Å²) in [6.07, 6.45) is 2.52. The van der Waals surface area contributed by atoms with Crippen molar-refractivity contribution in [3.05, 3.63) is 94.4 Å². The van der Waals surface area contributed by atoms with Crippen molar-refractivity contribution in [1.82, 2.24) is 14.8 Å². The molecular weight excluding hydrogens is 559 g/mol. The van der Waals surface area contributed by atoms with Crippen LogP contribution in [0.3, 0.4) is 0 Å². The third kappa shape index (κ3) is 5.28. The second-order valence-corrected chi connectivity index (χ2v) is 11.6. The summed E-state index contributed by atoms with van der Waals surface area (Å²) in [4.78, 5) is 32.3. The molecule has 1 amide bonds. The zero-order chi connectivity index (χ0) is 31.1. The van der Waals surface area contributed by atoms with Crippen LogP contribution in [0.1, 0.15) is 32.6 Å². The first-order valence-electron chi connectivity index (χ1n) is 14.7. The summed E-state index contributed by atoms with van der Waals surface area (Å²) < 4.78 is 21.2. The Labute approximate surface area is 256 Å². The molecule has 44 heavy (non-hydrogen) atoms. The molecule has 3 aromatic carbocycles. The number of aromatic nitrogens is 1. The lowest BCUT2D eigenvalue weighted by Crippen LogP contribution is -2.49. The Kier molecular flexibility index (Phi) is 7.82. The molecular formula is C35H35FN4O4. The first-order chi connectivity index (χ1) is 21.2. The molecule has 2 aliphatic heterocycles. The van der Waals surface area contributed by atoms with Crippen LogP contribution in [-0.4, -0.2) is 65.6 Å². The number of hydrogen-bond acceptors (Lipinski definition) is 6. The maximum absolute atomic E-state index is 15.5. The molecule has 0 spiro atoms. The van der Waals surface area contributed by atoms with Gasteiger partial charge in [-0.1, -0.05) is 30.3 Å². The Hall–Kier alpha value is -4.76. The fraction of sp³-hybridized carbons (Fsp3) is 0.286. The lowest BCUT2D eigenvalue weighted by atomic mass is 9.89. The second kappa shape index (κ2) is 11.7. The van der Waals surface area contributed by atoms with Gasteiger partial charge in [-0.15, -0.1) is 0 Å². The number of carboxylic acids is 1. The normalized spacial score (nSPS) is 15.1. The number of carbonyl (C=O) groups excluding carboxylic acids is 1. The van der Waals surface area contributed by atoms with E-state index < -0.39 is 11.9 Å². The Morgan fingerprint density at radius 3 is 2.50 bits per heavy atom. The van der Waals surface area contributed by atoms with E-state index in [2.05, 4.69) is 22.4 Å². The Bertz CT molecular complexity index is 1780. The molecule has 1 aromatic heterocycles. The topological polar surface area (TPSA) is 95.0 Å². The number of likely N-dealkylation sites (tertiary alicyclic amines) is 1. The van der Waals surface area contributed by atoms with Crippen LogP contribution in [-0.2, 0) is 17.8 Å². The van der Waals surface area contributed by atoms with Crippen molar-refractivity contribution in [3.63, 3.8) is 0 Å². The molecule has 2 N–H and O–H groups in total. The lowest BCUT2D eigenvalue weighted by molar-refractivity contribution is -0.147. The van der Waals surface area contributed by atoms with Gasteiger partial charge in [0.2, 0.25) is 0 Å². The maximum Gasteiger partial charge on any atom is 0.309 e. The van der Waals surface area contributed by atoms with Crippen molar-refractivity contribution in [2.75, 3.05) is 39.1 Å². The maximum atomic E-state index is 15.5. The quantitative estimate of drug-likeness (QED) is 0.256. The third-order valence-electron chi connectivity index (χ3n) is 8.90. The lowest BCUT2D eigenvalue weighted by Gasteiger charge is -2.36. The van der Waals surface area contributed by atoms with Crippen molar-refractivity contribution < 1.29 is 23.8 Å². The number of anilines is 2. The average molecular weight is 595 g/mol. The number of pyridine rings is 1. The zero-order valence-electron chi connectivity index (χ0n) is 25.3. The monoisotopic (exact) mass is 594 g/mol. The molecule has 1 saturated heterocycles. The molecule has 3 heterocycles. The van der Waals surface area contributed by atoms with Gasteiger partial charge in [-0.3, -0.25) is 14.5 Å². The fourth-order valence-electron chi connectivity index (χ4n) is 6.24. The Morgan fingerprint density at radius 2 is 1.77 bits per heavy atom. The van der Waals surface area contributed by atoms with Crippen LogP contribution >= 0.6 is 0 Å². The predicted molar refractivity (Wildman–Crippen MR) is 168 cm³/mol. The molecule has 0 unspecified atom stereocenters. The van der Waals surface area contributed by atoms with Gasteiger partial charge in [-0.05, 0) is 83.5 Å². The van der Waals surface area contributed by atoms with Crippen LogP contribution in [0.5, 0.6) is 5.75 Å². The summed E-state index contributed by atoms with van der Waals surface area (Å²) in [5.74, 6) is -0.681. The smallest absolute Gasteiger partial charge is 0.309 e. The largest absolute Gasteiger partial charge is 0.496 e. The number of carboxylic acid groups (broad SMARTS) is 1. The number of hydrogen-bond donors (Lipinski definition) is 2. The summed E-state index contributed by atoms with van der Waals surface area (Å²) in [7, 11) is 3.33. The van der Waals surface area contributed by atoms with Crippen LogP contribution in [0.2, 0.25) is 0 Å². The number of fused-ring (bicyclic) bond motifs is 1. The highest BCUT2D eigenvalue weighted by Gasteiger charge is 2.33. The van der Waals surface area contributed by atoms with Crippen molar-refractivity contribution in [2.24, 2.45) is 5.92 Å². The van der Waals surface area contributed by atoms with E-state index in [9.17, 15) is 14.7 Å². The number of aliphatic carboxylic acids is 1. The summed E-state index contributed by atoms with van der Waals surface area (Å²) in [6.45, 7) is 5.82. The molecule has 4 aromatic rings. The number of nitrogens with one attached hydrogen (secondary N) is 1. The van der Waals surface area contributed by atoms with Gasteiger partial charge in [0.25, 0.3) is 5.91 Å². The number of halogens is 1. The van der Waals surface area contributed by atoms with Gasteiger partial charge in [0.05, 0.1) is 18.6 Å². The Balaban J connectivity index is 1.32. The molecule has 2 aliphatic rings. The van der Waals surface area contributed by atoms with E-state index in [0.717, 1.165) is 45.5 Å². The van der Waals surface area contributed by atoms with E-state index in [4.69, 9.17) is 4.74 Å². The number of rotatable bonds is 8. The number of ether oxygens (including phenoxy) is 1. The first kappa shape index (κ1) is 29.3. The van der Waals surface area contributed by atoms with Gasteiger partial charge in [0.1, 0.15) is 17.4 Å².